The molecule has 4 nitrogen and oxygen atoms in total. The van der Waals surface area contributed by atoms with Gasteiger partial charge >= 0.3 is 0 Å². The van der Waals surface area contributed by atoms with Crippen LogP contribution in [0.25, 0.3) is 0 Å². The maximum atomic E-state index is 9.33. The maximum Gasteiger partial charge on any atom is 0.161 e. The smallest absolute Gasteiger partial charge is 0.161 e. The number of rotatable bonds is 3. The average Bonchev–Trinajstić information content (AvgIpc) is 2.70. The lowest BCUT2D eigenvalue weighted by molar-refractivity contribution is 0.253. The summed E-state index contributed by atoms with van der Waals surface area (Å²) in [6, 6.07) is 2.16. The molecular weight excluding hydrogens is 202 g/mol. The molecule has 1 atom stereocenters. The van der Waals surface area contributed by atoms with E-state index in [-0.39, 0.29) is 12.5 Å². The molecule has 86 valence electrons. The number of nitrogens with zero attached hydrogens (tertiary/aromatic N) is 3. The molecule has 2 heterocycles. The van der Waals surface area contributed by atoms with Crippen LogP contribution < -0.4 is 0 Å². The van der Waals surface area contributed by atoms with Crippen molar-refractivity contribution in [2.24, 2.45) is 0 Å². The first kappa shape index (κ1) is 11.2. The van der Waals surface area contributed by atoms with Crippen molar-refractivity contribution in [1.29, 1.82) is 5.26 Å². The average molecular weight is 219 g/mol. The van der Waals surface area contributed by atoms with E-state index in [4.69, 9.17) is 5.26 Å². The van der Waals surface area contributed by atoms with E-state index in [9.17, 15) is 5.11 Å². The first-order chi connectivity index (χ1) is 7.81. The van der Waals surface area contributed by atoms with E-state index in [0.717, 1.165) is 43.7 Å². The van der Waals surface area contributed by atoms with E-state index >= 15 is 0 Å². The van der Waals surface area contributed by atoms with E-state index in [1.54, 1.807) is 0 Å². The van der Waals surface area contributed by atoms with Crippen LogP contribution in [-0.4, -0.2) is 21.3 Å². The van der Waals surface area contributed by atoms with Gasteiger partial charge in [0.1, 0.15) is 11.9 Å². The van der Waals surface area contributed by atoms with E-state index in [1.807, 2.05) is 6.92 Å². The topological polar surface area (TPSA) is 61.8 Å². The summed E-state index contributed by atoms with van der Waals surface area (Å²) in [5.74, 6) is 0.968. The van der Waals surface area contributed by atoms with Crippen LogP contribution in [0.15, 0.2) is 0 Å². The lowest BCUT2D eigenvalue weighted by Crippen LogP contribution is -2.17. The van der Waals surface area contributed by atoms with E-state index in [0.29, 0.717) is 5.69 Å². The van der Waals surface area contributed by atoms with Gasteiger partial charge in [-0.1, -0.05) is 6.92 Å². The van der Waals surface area contributed by atoms with Crippen molar-refractivity contribution in [2.75, 3.05) is 6.61 Å². The Morgan fingerprint density at radius 3 is 3.00 bits per heavy atom. The predicted molar refractivity (Wildman–Crippen MR) is 60.0 cm³/mol. The normalized spacial score (nSPS) is 16.6. The van der Waals surface area contributed by atoms with E-state index < -0.39 is 0 Å². The molecule has 2 rings (SSSR count). The van der Waals surface area contributed by atoms with Crippen molar-refractivity contribution >= 4 is 0 Å². The van der Waals surface area contributed by atoms with E-state index in [1.165, 1.54) is 0 Å². The molecule has 16 heavy (non-hydrogen) atoms. The molecule has 1 aliphatic rings. The number of aliphatic hydroxyl groups is 1. The Balaban J connectivity index is 2.46. The summed E-state index contributed by atoms with van der Waals surface area (Å²) in [7, 11) is 0. The number of hydrogen-bond acceptors (Lipinski definition) is 3. The maximum absolute atomic E-state index is 9.33. The van der Waals surface area contributed by atoms with Crippen molar-refractivity contribution in [3.05, 3.63) is 17.2 Å². The molecule has 0 aromatic carbocycles. The molecule has 0 amide bonds. The monoisotopic (exact) mass is 219 g/mol. The van der Waals surface area contributed by atoms with Gasteiger partial charge in [0.15, 0.2) is 5.69 Å². The predicted octanol–water partition coefficient (Wildman–Crippen LogP) is 1.58. The number of aliphatic hydroxyl groups excluding tert-OH is 1. The van der Waals surface area contributed by atoms with Gasteiger partial charge in [0.25, 0.3) is 0 Å². The molecule has 1 unspecified atom stereocenters. The third-order valence-electron chi connectivity index (χ3n) is 3.33. The summed E-state index contributed by atoms with van der Waals surface area (Å²) in [6.07, 6.45) is 4.08. The number of fused-ring (bicyclic) bond motifs is 1. The number of nitriles is 1. The van der Waals surface area contributed by atoms with Gasteiger partial charge in [0, 0.05) is 12.5 Å². The van der Waals surface area contributed by atoms with Crippen LogP contribution in [0, 0.1) is 11.3 Å². The van der Waals surface area contributed by atoms with Crippen molar-refractivity contribution in [2.45, 2.75) is 45.1 Å². The second-order valence-electron chi connectivity index (χ2n) is 4.27. The Morgan fingerprint density at radius 2 is 2.38 bits per heavy atom. The SMILES string of the molecule is CCC(CO)c1nc(C#N)c2n1CCCC2. The van der Waals surface area contributed by atoms with Gasteiger partial charge in [-0.15, -0.1) is 0 Å². The van der Waals surface area contributed by atoms with Crippen LogP contribution in [0.3, 0.4) is 0 Å². The second kappa shape index (κ2) is 4.67. The lowest BCUT2D eigenvalue weighted by atomic mass is 10.1. The number of imidazole rings is 1. The van der Waals surface area contributed by atoms with Crippen molar-refractivity contribution in [1.82, 2.24) is 9.55 Å². The molecule has 1 N–H and O–H groups in total. The Bertz CT molecular complexity index is 413. The summed E-state index contributed by atoms with van der Waals surface area (Å²) in [5, 5.41) is 18.4. The minimum atomic E-state index is 0.0685. The first-order valence-corrected chi connectivity index (χ1v) is 5.92. The van der Waals surface area contributed by atoms with Gasteiger partial charge in [0.2, 0.25) is 0 Å². The molecule has 0 spiro atoms. The Hall–Kier alpha value is -1.34. The van der Waals surface area contributed by atoms with Gasteiger partial charge in [-0.3, -0.25) is 0 Å². The Kier molecular flexibility index (Phi) is 3.25. The second-order valence-corrected chi connectivity index (χ2v) is 4.27. The van der Waals surface area contributed by atoms with Crippen molar-refractivity contribution in [3.8, 4) is 6.07 Å². The molecule has 1 aromatic rings. The largest absolute Gasteiger partial charge is 0.396 e. The zero-order valence-corrected chi connectivity index (χ0v) is 9.61. The van der Waals surface area contributed by atoms with Crippen LogP contribution in [0.2, 0.25) is 0 Å². The quantitative estimate of drug-likeness (QED) is 0.839. The zero-order valence-electron chi connectivity index (χ0n) is 9.61. The molecule has 4 heteroatoms. The molecule has 0 radical (unpaired) electrons. The molecule has 0 saturated heterocycles. The van der Waals surface area contributed by atoms with Gasteiger partial charge in [-0.2, -0.15) is 5.26 Å². The van der Waals surface area contributed by atoms with Gasteiger partial charge < -0.3 is 9.67 Å². The minimum absolute atomic E-state index is 0.0685. The highest BCUT2D eigenvalue weighted by atomic mass is 16.3. The fraction of sp³-hybridized carbons (Fsp3) is 0.667. The van der Waals surface area contributed by atoms with Crippen molar-refractivity contribution in [3.63, 3.8) is 0 Å². The van der Waals surface area contributed by atoms with E-state index in [2.05, 4.69) is 15.6 Å². The highest BCUT2D eigenvalue weighted by Crippen LogP contribution is 2.26. The highest BCUT2D eigenvalue weighted by Gasteiger charge is 2.23. The molecule has 0 saturated carbocycles. The highest BCUT2D eigenvalue weighted by molar-refractivity contribution is 5.31. The summed E-state index contributed by atoms with van der Waals surface area (Å²) < 4.78 is 2.15. The summed E-state index contributed by atoms with van der Waals surface area (Å²) in [5.41, 5.74) is 1.62. The van der Waals surface area contributed by atoms with Gasteiger partial charge in [-0.25, -0.2) is 4.98 Å². The molecule has 1 aromatic heterocycles. The lowest BCUT2D eigenvalue weighted by Gasteiger charge is -2.19. The third kappa shape index (κ3) is 1.72. The van der Waals surface area contributed by atoms with Crippen LogP contribution in [0.1, 0.15) is 49.3 Å². The van der Waals surface area contributed by atoms with Crippen LogP contribution in [0.4, 0.5) is 0 Å². The van der Waals surface area contributed by atoms with Crippen LogP contribution in [0.5, 0.6) is 0 Å². The molecular formula is C12H17N3O. The van der Waals surface area contributed by atoms with Gasteiger partial charge in [0.05, 0.1) is 12.3 Å². The molecule has 0 aliphatic carbocycles. The third-order valence-corrected chi connectivity index (χ3v) is 3.33. The Labute approximate surface area is 95.5 Å². The van der Waals surface area contributed by atoms with Crippen molar-refractivity contribution < 1.29 is 5.11 Å². The molecule has 1 aliphatic heterocycles. The Morgan fingerprint density at radius 1 is 1.56 bits per heavy atom. The number of aromatic nitrogens is 2. The molecule has 0 fully saturated rings. The fourth-order valence-corrected chi connectivity index (χ4v) is 2.37. The summed E-state index contributed by atoms with van der Waals surface area (Å²) in [4.78, 5) is 4.39. The summed E-state index contributed by atoms with van der Waals surface area (Å²) in [6.45, 7) is 3.09. The number of hydrogen-bond donors (Lipinski definition) is 1. The van der Waals surface area contributed by atoms with Crippen LogP contribution >= 0.6 is 0 Å². The first-order valence-electron chi connectivity index (χ1n) is 5.92. The standard InChI is InChI=1S/C12H17N3O/c1-2-9(8-16)12-14-10(7-13)11-5-3-4-6-15(11)12/h9,16H,2-6,8H2,1H3. The van der Waals surface area contributed by atoms with Crippen LogP contribution in [-0.2, 0) is 13.0 Å². The minimum Gasteiger partial charge on any atom is -0.396 e. The fourth-order valence-electron chi connectivity index (χ4n) is 2.37. The van der Waals surface area contributed by atoms with Gasteiger partial charge in [-0.05, 0) is 25.7 Å². The zero-order chi connectivity index (χ0) is 11.5. The summed E-state index contributed by atoms with van der Waals surface area (Å²) >= 11 is 0. The molecule has 0 bridgehead atoms.